The van der Waals surface area contributed by atoms with Gasteiger partial charge in [0.1, 0.15) is 0 Å². The molecule has 0 amide bonds. The smallest absolute Gasteiger partial charge is 0.0409 e. The molecule has 0 aromatic heterocycles. The van der Waals surface area contributed by atoms with Crippen molar-refractivity contribution in [3.05, 3.63) is 57.6 Å². The lowest BCUT2D eigenvalue weighted by Crippen LogP contribution is -1.79. The molecule has 0 bridgehead atoms. The van der Waals surface area contributed by atoms with Gasteiger partial charge >= 0.3 is 0 Å². The van der Waals surface area contributed by atoms with Gasteiger partial charge in [-0.15, -0.1) is 0 Å². The third-order valence-electron chi connectivity index (χ3n) is 2.81. The van der Waals surface area contributed by atoms with Gasteiger partial charge < -0.3 is 0 Å². The first-order valence-electron chi connectivity index (χ1n) is 4.81. The lowest BCUT2D eigenvalue weighted by atomic mass is 10.1. The van der Waals surface area contributed by atoms with Crippen LogP contribution < -0.4 is 0 Å². The quantitative estimate of drug-likeness (QED) is 0.535. The predicted octanol–water partition coefficient (Wildman–Crippen LogP) is 4.56. The highest BCUT2D eigenvalue weighted by Crippen LogP contribution is 2.38. The molecule has 0 radical (unpaired) electrons. The average molecular weight is 235 g/mol. The van der Waals surface area contributed by atoms with Crippen LogP contribution in [0.1, 0.15) is 11.1 Å². The number of halogens is 2. The highest BCUT2D eigenvalue weighted by atomic mass is 35.5. The number of hydrogen-bond acceptors (Lipinski definition) is 0. The highest BCUT2D eigenvalue weighted by molar-refractivity contribution is 6.31. The summed E-state index contributed by atoms with van der Waals surface area (Å²) in [6.07, 6.45) is 0.936. The Labute approximate surface area is 98.5 Å². The second-order valence-electron chi connectivity index (χ2n) is 3.78. The molecule has 0 saturated carbocycles. The van der Waals surface area contributed by atoms with Crippen molar-refractivity contribution in [1.29, 1.82) is 0 Å². The average Bonchev–Trinajstić information content (AvgIpc) is 2.53. The molecule has 0 N–H and O–H groups in total. The van der Waals surface area contributed by atoms with Gasteiger partial charge in [-0.05, 0) is 52.9 Å². The maximum Gasteiger partial charge on any atom is 0.0409 e. The number of benzene rings is 2. The van der Waals surface area contributed by atoms with Gasteiger partial charge in [-0.2, -0.15) is 0 Å². The third-order valence-corrected chi connectivity index (χ3v) is 3.28. The minimum atomic E-state index is 0.799. The van der Waals surface area contributed by atoms with E-state index < -0.39 is 0 Å². The first-order valence-corrected chi connectivity index (χ1v) is 5.57. The topological polar surface area (TPSA) is 0 Å². The molecule has 0 aliphatic heterocycles. The van der Waals surface area contributed by atoms with Crippen molar-refractivity contribution in [1.82, 2.24) is 0 Å². The summed E-state index contributed by atoms with van der Waals surface area (Å²) in [6.45, 7) is 0. The van der Waals surface area contributed by atoms with Crippen molar-refractivity contribution in [2.24, 2.45) is 0 Å². The molecule has 0 nitrogen and oxygen atoms in total. The Morgan fingerprint density at radius 3 is 1.67 bits per heavy atom. The van der Waals surface area contributed by atoms with Crippen LogP contribution in [0.4, 0.5) is 0 Å². The standard InChI is InChI=1S/C13H8Cl2/c14-10-1-3-12-8(6-10)5-9-7-11(15)2-4-13(9)12/h1-4,6-7H,5H2. The minimum Gasteiger partial charge on any atom is -0.0843 e. The molecule has 3 rings (SSSR count). The zero-order valence-electron chi connectivity index (χ0n) is 7.93. The van der Waals surface area contributed by atoms with Crippen LogP contribution in [-0.4, -0.2) is 0 Å². The largest absolute Gasteiger partial charge is 0.0843 e. The van der Waals surface area contributed by atoms with Gasteiger partial charge in [0, 0.05) is 10.0 Å². The molecule has 0 spiro atoms. The van der Waals surface area contributed by atoms with Gasteiger partial charge in [0.15, 0.2) is 0 Å². The molecule has 0 heterocycles. The summed E-state index contributed by atoms with van der Waals surface area (Å²) in [6, 6.07) is 12.1. The van der Waals surface area contributed by atoms with E-state index in [0.29, 0.717) is 0 Å². The second kappa shape index (κ2) is 3.26. The van der Waals surface area contributed by atoms with Crippen molar-refractivity contribution in [2.75, 3.05) is 0 Å². The van der Waals surface area contributed by atoms with E-state index in [1.54, 1.807) is 0 Å². The molecule has 1 aliphatic carbocycles. The fourth-order valence-corrected chi connectivity index (χ4v) is 2.54. The van der Waals surface area contributed by atoms with Crippen molar-refractivity contribution in [3.8, 4) is 11.1 Å². The number of fused-ring (bicyclic) bond motifs is 3. The molecule has 2 aromatic carbocycles. The fourth-order valence-electron chi connectivity index (χ4n) is 2.15. The predicted molar refractivity (Wildman–Crippen MR) is 64.7 cm³/mol. The Hall–Kier alpha value is -0.980. The van der Waals surface area contributed by atoms with Gasteiger partial charge in [0.25, 0.3) is 0 Å². The molecule has 2 aromatic rings. The molecule has 2 heteroatoms. The van der Waals surface area contributed by atoms with Crippen molar-refractivity contribution < 1.29 is 0 Å². The summed E-state index contributed by atoms with van der Waals surface area (Å²) in [5.74, 6) is 0. The van der Waals surface area contributed by atoms with Crippen LogP contribution in [0.5, 0.6) is 0 Å². The lowest BCUT2D eigenvalue weighted by Gasteiger charge is -2.00. The van der Waals surface area contributed by atoms with E-state index >= 15 is 0 Å². The summed E-state index contributed by atoms with van der Waals surface area (Å²) in [5.41, 5.74) is 5.15. The fraction of sp³-hybridized carbons (Fsp3) is 0.0769. The molecule has 74 valence electrons. The first kappa shape index (κ1) is 9.26. The molecule has 0 atom stereocenters. The normalized spacial score (nSPS) is 12.4. The summed E-state index contributed by atoms with van der Waals surface area (Å²) < 4.78 is 0. The highest BCUT2D eigenvalue weighted by Gasteiger charge is 2.18. The summed E-state index contributed by atoms with van der Waals surface area (Å²) >= 11 is 11.9. The minimum absolute atomic E-state index is 0.799. The van der Waals surface area contributed by atoms with Crippen LogP contribution in [0.3, 0.4) is 0 Å². The van der Waals surface area contributed by atoms with Gasteiger partial charge in [-0.1, -0.05) is 35.3 Å². The molecular weight excluding hydrogens is 227 g/mol. The Bertz CT molecular complexity index is 495. The summed E-state index contributed by atoms with van der Waals surface area (Å²) in [5, 5.41) is 1.60. The van der Waals surface area contributed by atoms with Crippen molar-refractivity contribution >= 4 is 23.2 Å². The van der Waals surface area contributed by atoms with Crippen molar-refractivity contribution in [2.45, 2.75) is 6.42 Å². The van der Waals surface area contributed by atoms with E-state index in [0.717, 1.165) is 16.5 Å². The Morgan fingerprint density at radius 1 is 0.733 bits per heavy atom. The van der Waals surface area contributed by atoms with E-state index in [9.17, 15) is 0 Å². The maximum absolute atomic E-state index is 5.97. The SMILES string of the molecule is Clc1ccc2c(c1)Cc1cc(Cl)ccc1-2. The summed E-state index contributed by atoms with van der Waals surface area (Å²) in [7, 11) is 0. The molecule has 0 unspecified atom stereocenters. The maximum atomic E-state index is 5.97. The van der Waals surface area contributed by atoms with E-state index in [1.165, 1.54) is 22.3 Å². The third kappa shape index (κ3) is 1.45. The number of hydrogen-bond donors (Lipinski definition) is 0. The molecule has 15 heavy (non-hydrogen) atoms. The molecular formula is C13H8Cl2. The van der Waals surface area contributed by atoms with Gasteiger partial charge in [0.05, 0.1) is 0 Å². The van der Waals surface area contributed by atoms with Crippen LogP contribution in [-0.2, 0) is 6.42 Å². The van der Waals surface area contributed by atoms with Gasteiger partial charge in [-0.25, -0.2) is 0 Å². The Balaban J connectivity index is 2.24. The second-order valence-corrected chi connectivity index (χ2v) is 4.65. The zero-order chi connectivity index (χ0) is 10.4. The summed E-state index contributed by atoms with van der Waals surface area (Å²) in [4.78, 5) is 0. The zero-order valence-corrected chi connectivity index (χ0v) is 9.44. The molecule has 0 saturated heterocycles. The number of rotatable bonds is 0. The molecule has 1 aliphatic rings. The lowest BCUT2D eigenvalue weighted by molar-refractivity contribution is 1.26. The van der Waals surface area contributed by atoms with Crippen LogP contribution in [0.2, 0.25) is 10.0 Å². The Morgan fingerprint density at radius 2 is 1.20 bits per heavy atom. The van der Waals surface area contributed by atoms with E-state index in [-0.39, 0.29) is 0 Å². The van der Waals surface area contributed by atoms with E-state index in [4.69, 9.17) is 23.2 Å². The van der Waals surface area contributed by atoms with E-state index in [1.807, 2.05) is 24.3 Å². The Kier molecular flexibility index (Phi) is 2.01. The molecule has 0 fully saturated rings. The monoisotopic (exact) mass is 234 g/mol. The van der Waals surface area contributed by atoms with Crippen LogP contribution in [0.25, 0.3) is 11.1 Å². The van der Waals surface area contributed by atoms with E-state index in [2.05, 4.69) is 12.1 Å². The first-order chi connectivity index (χ1) is 7.24. The van der Waals surface area contributed by atoms with Gasteiger partial charge in [-0.3, -0.25) is 0 Å². The van der Waals surface area contributed by atoms with Crippen LogP contribution in [0.15, 0.2) is 36.4 Å². The van der Waals surface area contributed by atoms with Crippen molar-refractivity contribution in [3.63, 3.8) is 0 Å². The van der Waals surface area contributed by atoms with Crippen LogP contribution >= 0.6 is 23.2 Å². The van der Waals surface area contributed by atoms with Crippen LogP contribution in [0, 0.1) is 0 Å². The van der Waals surface area contributed by atoms with Gasteiger partial charge in [0.2, 0.25) is 0 Å².